The van der Waals surface area contributed by atoms with Crippen molar-refractivity contribution in [1.82, 2.24) is 9.80 Å². The van der Waals surface area contributed by atoms with Crippen molar-refractivity contribution in [3.63, 3.8) is 0 Å². The van der Waals surface area contributed by atoms with E-state index in [1.807, 2.05) is 4.90 Å². The van der Waals surface area contributed by atoms with Crippen molar-refractivity contribution in [3.8, 4) is 0 Å². The predicted molar refractivity (Wildman–Crippen MR) is 57.4 cm³/mol. The molecule has 1 N–H and O–H groups in total. The van der Waals surface area contributed by atoms with Gasteiger partial charge in [-0.2, -0.15) is 0 Å². The number of aliphatic hydroxyl groups is 1. The van der Waals surface area contributed by atoms with E-state index >= 15 is 0 Å². The Labute approximate surface area is 90.9 Å². The lowest BCUT2D eigenvalue weighted by molar-refractivity contribution is -0.131. The second kappa shape index (κ2) is 4.94. The molecular weight excluding hydrogens is 192 g/mol. The quantitative estimate of drug-likeness (QED) is 0.712. The van der Waals surface area contributed by atoms with Crippen LogP contribution in [0.25, 0.3) is 0 Å². The average molecular weight is 212 g/mol. The predicted octanol–water partition coefficient (Wildman–Crippen LogP) is -0.0770. The molecule has 0 radical (unpaired) electrons. The molecule has 2 fully saturated rings. The summed E-state index contributed by atoms with van der Waals surface area (Å²) in [7, 11) is 0. The molecule has 0 saturated carbocycles. The maximum atomic E-state index is 11.8. The van der Waals surface area contributed by atoms with Crippen molar-refractivity contribution in [3.05, 3.63) is 0 Å². The molecule has 0 aromatic rings. The highest BCUT2D eigenvalue weighted by atomic mass is 16.3. The summed E-state index contributed by atoms with van der Waals surface area (Å²) in [5, 5.41) is 9.01. The van der Waals surface area contributed by atoms with Crippen LogP contribution in [0.1, 0.15) is 19.3 Å². The average Bonchev–Trinajstić information content (AvgIpc) is 2.87. The lowest BCUT2D eigenvalue weighted by Crippen LogP contribution is -2.38. The van der Waals surface area contributed by atoms with Crippen molar-refractivity contribution >= 4 is 5.91 Å². The lowest BCUT2D eigenvalue weighted by Gasteiger charge is -2.20. The van der Waals surface area contributed by atoms with Crippen LogP contribution in [0.15, 0.2) is 0 Å². The molecule has 2 aliphatic rings. The second-order valence-electron chi connectivity index (χ2n) is 4.66. The maximum Gasteiger partial charge on any atom is 0.236 e. The number of amides is 1. The molecule has 2 aliphatic heterocycles. The molecule has 1 unspecified atom stereocenters. The van der Waals surface area contributed by atoms with Gasteiger partial charge in [-0.3, -0.25) is 9.69 Å². The fourth-order valence-electron chi connectivity index (χ4n) is 2.46. The first-order valence-electron chi connectivity index (χ1n) is 5.90. The Morgan fingerprint density at radius 1 is 1.27 bits per heavy atom. The molecule has 2 rings (SSSR count). The van der Waals surface area contributed by atoms with E-state index in [2.05, 4.69) is 4.90 Å². The molecular formula is C11H20N2O2. The van der Waals surface area contributed by atoms with Crippen molar-refractivity contribution in [2.75, 3.05) is 39.3 Å². The minimum atomic E-state index is 0.258. The number of nitrogens with zero attached hydrogens (tertiary/aromatic N) is 2. The van der Waals surface area contributed by atoms with E-state index in [4.69, 9.17) is 5.11 Å². The molecule has 0 aromatic carbocycles. The number of carbonyl (C=O) groups is 1. The molecule has 1 atom stereocenters. The molecule has 4 nitrogen and oxygen atoms in total. The molecule has 1 amide bonds. The van der Waals surface area contributed by atoms with Crippen LogP contribution < -0.4 is 0 Å². The Morgan fingerprint density at radius 2 is 2.00 bits per heavy atom. The standard InChI is InChI=1S/C11H20N2O2/c14-9-10-3-6-12(7-10)8-11(15)13-4-1-2-5-13/h10,14H,1-9H2. The molecule has 2 heterocycles. The lowest BCUT2D eigenvalue weighted by atomic mass is 10.1. The number of aliphatic hydroxyl groups excluding tert-OH is 1. The van der Waals surface area contributed by atoms with Gasteiger partial charge in [-0.05, 0) is 31.7 Å². The summed E-state index contributed by atoms with van der Waals surface area (Å²) in [4.78, 5) is 16.0. The maximum absolute atomic E-state index is 11.8. The number of rotatable bonds is 3. The third kappa shape index (κ3) is 2.69. The minimum absolute atomic E-state index is 0.258. The van der Waals surface area contributed by atoms with E-state index in [0.29, 0.717) is 12.5 Å². The third-order valence-corrected chi connectivity index (χ3v) is 3.45. The highest BCUT2D eigenvalue weighted by molar-refractivity contribution is 5.78. The molecule has 0 spiro atoms. The van der Waals surface area contributed by atoms with E-state index in [1.54, 1.807) is 0 Å². The Kier molecular flexibility index (Phi) is 3.59. The van der Waals surface area contributed by atoms with Crippen LogP contribution >= 0.6 is 0 Å². The van der Waals surface area contributed by atoms with Crippen LogP contribution in [0.5, 0.6) is 0 Å². The van der Waals surface area contributed by atoms with Gasteiger partial charge in [0.05, 0.1) is 6.54 Å². The topological polar surface area (TPSA) is 43.8 Å². The molecule has 0 bridgehead atoms. The van der Waals surface area contributed by atoms with Gasteiger partial charge in [-0.25, -0.2) is 0 Å². The first kappa shape index (κ1) is 10.9. The van der Waals surface area contributed by atoms with E-state index in [0.717, 1.165) is 45.4 Å². The van der Waals surface area contributed by atoms with Gasteiger partial charge >= 0.3 is 0 Å². The van der Waals surface area contributed by atoms with Crippen LogP contribution in [0.3, 0.4) is 0 Å². The van der Waals surface area contributed by atoms with E-state index in [-0.39, 0.29) is 12.5 Å². The monoisotopic (exact) mass is 212 g/mol. The third-order valence-electron chi connectivity index (χ3n) is 3.45. The van der Waals surface area contributed by atoms with Crippen molar-refractivity contribution in [2.45, 2.75) is 19.3 Å². The van der Waals surface area contributed by atoms with Gasteiger partial charge in [0.15, 0.2) is 0 Å². The van der Waals surface area contributed by atoms with Gasteiger partial charge in [0, 0.05) is 26.2 Å². The number of likely N-dealkylation sites (tertiary alicyclic amines) is 2. The van der Waals surface area contributed by atoms with Crippen molar-refractivity contribution in [1.29, 1.82) is 0 Å². The summed E-state index contributed by atoms with van der Waals surface area (Å²) in [5.74, 6) is 0.655. The van der Waals surface area contributed by atoms with Crippen LogP contribution in [0, 0.1) is 5.92 Å². The van der Waals surface area contributed by atoms with Gasteiger partial charge in [-0.1, -0.05) is 0 Å². The molecule has 0 aliphatic carbocycles. The van der Waals surface area contributed by atoms with E-state index < -0.39 is 0 Å². The zero-order chi connectivity index (χ0) is 10.7. The van der Waals surface area contributed by atoms with Gasteiger partial charge in [0.2, 0.25) is 5.91 Å². The number of carbonyl (C=O) groups excluding carboxylic acids is 1. The first-order chi connectivity index (χ1) is 7.29. The summed E-state index contributed by atoms with van der Waals surface area (Å²) < 4.78 is 0. The van der Waals surface area contributed by atoms with Gasteiger partial charge in [0.25, 0.3) is 0 Å². The van der Waals surface area contributed by atoms with Crippen LogP contribution in [-0.2, 0) is 4.79 Å². The summed E-state index contributed by atoms with van der Waals surface area (Å²) >= 11 is 0. The van der Waals surface area contributed by atoms with Gasteiger partial charge in [0.1, 0.15) is 0 Å². The highest BCUT2D eigenvalue weighted by Crippen LogP contribution is 2.16. The summed E-state index contributed by atoms with van der Waals surface area (Å²) in [6.45, 7) is 4.54. The molecule has 4 heteroatoms. The zero-order valence-corrected chi connectivity index (χ0v) is 9.19. The Morgan fingerprint density at radius 3 is 2.60 bits per heavy atom. The molecule has 15 heavy (non-hydrogen) atoms. The van der Waals surface area contributed by atoms with Crippen LogP contribution in [0.4, 0.5) is 0 Å². The van der Waals surface area contributed by atoms with Crippen LogP contribution in [-0.4, -0.2) is 60.1 Å². The zero-order valence-electron chi connectivity index (χ0n) is 9.19. The molecule has 86 valence electrons. The smallest absolute Gasteiger partial charge is 0.236 e. The molecule has 0 aromatic heterocycles. The largest absolute Gasteiger partial charge is 0.396 e. The molecule has 2 saturated heterocycles. The van der Waals surface area contributed by atoms with Crippen molar-refractivity contribution in [2.24, 2.45) is 5.92 Å². The van der Waals surface area contributed by atoms with Crippen molar-refractivity contribution < 1.29 is 9.90 Å². The van der Waals surface area contributed by atoms with E-state index in [9.17, 15) is 4.79 Å². The van der Waals surface area contributed by atoms with Crippen LogP contribution in [0.2, 0.25) is 0 Å². The second-order valence-corrected chi connectivity index (χ2v) is 4.66. The number of hydrogen-bond acceptors (Lipinski definition) is 3. The van der Waals surface area contributed by atoms with Gasteiger partial charge < -0.3 is 10.0 Å². The highest BCUT2D eigenvalue weighted by Gasteiger charge is 2.26. The van der Waals surface area contributed by atoms with Gasteiger partial charge in [-0.15, -0.1) is 0 Å². The SMILES string of the molecule is O=C(CN1CCC(CO)C1)N1CCCC1. The van der Waals surface area contributed by atoms with E-state index in [1.165, 1.54) is 0 Å². The summed E-state index contributed by atoms with van der Waals surface area (Å²) in [6.07, 6.45) is 3.35. The first-order valence-corrected chi connectivity index (χ1v) is 5.90. The summed E-state index contributed by atoms with van der Waals surface area (Å²) in [5.41, 5.74) is 0. The normalized spacial score (nSPS) is 27.5. The minimum Gasteiger partial charge on any atom is -0.396 e. The Balaban J connectivity index is 1.74. The Bertz CT molecular complexity index is 227. The number of hydrogen-bond donors (Lipinski definition) is 1. The fourth-order valence-corrected chi connectivity index (χ4v) is 2.46. The summed E-state index contributed by atoms with van der Waals surface area (Å²) in [6, 6.07) is 0. The Hall–Kier alpha value is -0.610. The fraction of sp³-hybridized carbons (Fsp3) is 0.909.